The van der Waals surface area contributed by atoms with Crippen LogP contribution in [0.4, 0.5) is 21.5 Å². The van der Waals surface area contributed by atoms with E-state index in [9.17, 15) is 0 Å². The summed E-state index contributed by atoms with van der Waals surface area (Å²) in [6, 6.07) is 54.4. The molecular weight excluding hydrogens is 624 g/mol. The average Bonchev–Trinajstić information content (AvgIpc) is 3.61. The SMILES string of the molecule is Cc1ccccc1N(c1ccc(C=Cc2ccc3c(c2)C(C)(C)c2c-3ccc3c4ccccc4n(-c4ccccc4)c23)cc1)c1ccccc1F. The number of aryl methyl sites for hydroxylation is 1. The molecule has 9 rings (SSSR count). The van der Waals surface area contributed by atoms with Crippen molar-refractivity contribution < 1.29 is 4.39 Å². The minimum atomic E-state index is -0.256. The van der Waals surface area contributed by atoms with Crippen LogP contribution in [0.3, 0.4) is 0 Å². The van der Waals surface area contributed by atoms with Crippen molar-refractivity contribution in [1.29, 1.82) is 0 Å². The molecule has 3 heteroatoms. The molecule has 0 radical (unpaired) electrons. The minimum absolute atomic E-state index is 0.206. The lowest BCUT2D eigenvalue weighted by molar-refractivity contribution is 0.629. The molecule has 7 aromatic carbocycles. The molecule has 0 saturated carbocycles. The summed E-state index contributed by atoms with van der Waals surface area (Å²) in [5.41, 5.74) is 14.5. The summed E-state index contributed by atoms with van der Waals surface area (Å²) in [6.45, 7) is 6.79. The number of nitrogens with zero attached hydrogens (tertiary/aromatic N) is 2. The molecule has 0 saturated heterocycles. The zero-order valence-corrected chi connectivity index (χ0v) is 28.9. The maximum atomic E-state index is 15.1. The summed E-state index contributed by atoms with van der Waals surface area (Å²) < 4.78 is 17.6. The van der Waals surface area contributed by atoms with Gasteiger partial charge in [0.05, 0.1) is 16.7 Å². The maximum Gasteiger partial charge on any atom is 0.147 e. The predicted molar refractivity (Wildman–Crippen MR) is 213 cm³/mol. The zero-order valence-electron chi connectivity index (χ0n) is 28.9. The Balaban J connectivity index is 1.08. The first-order valence-corrected chi connectivity index (χ1v) is 17.6. The molecule has 51 heavy (non-hydrogen) atoms. The fourth-order valence-electron chi connectivity index (χ4n) is 8.09. The van der Waals surface area contributed by atoms with E-state index < -0.39 is 0 Å². The van der Waals surface area contributed by atoms with Crippen molar-refractivity contribution in [2.24, 2.45) is 0 Å². The zero-order chi connectivity index (χ0) is 34.7. The molecule has 0 unspecified atom stereocenters. The van der Waals surface area contributed by atoms with Gasteiger partial charge in [-0.2, -0.15) is 0 Å². The average molecular weight is 661 g/mol. The molecule has 0 spiro atoms. The van der Waals surface area contributed by atoms with Gasteiger partial charge in [-0.25, -0.2) is 4.39 Å². The Kier molecular flexibility index (Phi) is 7.25. The molecule has 246 valence electrons. The second-order valence-electron chi connectivity index (χ2n) is 14.0. The van der Waals surface area contributed by atoms with Crippen LogP contribution in [-0.2, 0) is 5.41 Å². The van der Waals surface area contributed by atoms with Gasteiger partial charge in [0.1, 0.15) is 5.82 Å². The highest BCUT2D eigenvalue weighted by atomic mass is 19.1. The van der Waals surface area contributed by atoms with Crippen molar-refractivity contribution in [1.82, 2.24) is 4.57 Å². The van der Waals surface area contributed by atoms with E-state index in [0.717, 1.165) is 28.1 Å². The van der Waals surface area contributed by atoms with E-state index >= 15 is 4.39 Å². The van der Waals surface area contributed by atoms with Crippen LogP contribution in [0.1, 0.15) is 41.7 Å². The number of hydrogen-bond donors (Lipinski definition) is 0. The topological polar surface area (TPSA) is 8.17 Å². The standard InChI is InChI=1S/C48H37FN2/c1-32-13-7-10-18-43(32)50(45-20-12-9-17-42(45)49)36-26-23-33(24-27-36)21-22-34-25-28-37-39-29-30-40-38-16-8-11-19-44(38)51(35-14-5-4-6-15-35)47(40)46(39)48(2,3)41(37)31-34/h4-31H,1-3H3. The van der Waals surface area contributed by atoms with Crippen LogP contribution < -0.4 is 4.90 Å². The van der Waals surface area contributed by atoms with E-state index in [2.05, 4.69) is 153 Å². The summed E-state index contributed by atoms with van der Waals surface area (Å²) in [7, 11) is 0. The van der Waals surface area contributed by atoms with Crippen molar-refractivity contribution in [3.63, 3.8) is 0 Å². The summed E-state index contributed by atoms with van der Waals surface area (Å²) in [4.78, 5) is 1.99. The number of anilines is 3. The van der Waals surface area contributed by atoms with E-state index in [-0.39, 0.29) is 11.2 Å². The molecule has 1 heterocycles. The number of fused-ring (bicyclic) bond motifs is 7. The van der Waals surface area contributed by atoms with Crippen molar-refractivity contribution in [3.05, 3.63) is 191 Å². The third-order valence-corrected chi connectivity index (χ3v) is 10.6. The molecule has 0 bridgehead atoms. The van der Waals surface area contributed by atoms with E-state index in [4.69, 9.17) is 0 Å². The van der Waals surface area contributed by atoms with Crippen LogP contribution in [0.15, 0.2) is 158 Å². The van der Waals surface area contributed by atoms with Crippen molar-refractivity contribution >= 4 is 51.0 Å². The lowest BCUT2D eigenvalue weighted by Crippen LogP contribution is -2.16. The first kappa shape index (κ1) is 30.8. The highest BCUT2D eigenvalue weighted by Crippen LogP contribution is 2.53. The highest BCUT2D eigenvalue weighted by Gasteiger charge is 2.38. The number of rotatable bonds is 6. The second kappa shape index (κ2) is 12.0. The molecular formula is C48H37FN2. The molecule has 1 aliphatic carbocycles. The van der Waals surface area contributed by atoms with Crippen LogP contribution in [0.5, 0.6) is 0 Å². The molecule has 2 nitrogen and oxygen atoms in total. The number of para-hydroxylation sites is 4. The van der Waals surface area contributed by atoms with E-state index in [1.165, 1.54) is 55.8 Å². The molecule has 0 fully saturated rings. The van der Waals surface area contributed by atoms with Gasteiger partial charge < -0.3 is 9.47 Å². The molecule has 1 aromatic heterocycles. The Bertz CT molecular complexity index is 2580. The molecule has 8 aromatic rings. The first-order chi connectivity index (χ1) is 24.9. The number of benzene rings is 7. The molecule has 1 aliphatic rings. The van der Waals surface area contributed by atoms with Gasteiger partial charge in [0.2, 0.25) is 0 Å². The van der Waals surface area contributed by atoms with Crippen LogP contribution >= 0.6 is 0 Å². The maximum absolute atomic E-state index is 15.1. The Morgan fingerprint density at radius 3 is 2.02 bits per heavy atom. The van der Waals surface area contributed by atoms with E-state index in [1.54, 1.807) is 6.07 Å². The third kappa shape index (κ3) is 5.00. The smallest absolute Gasteiger partial charge is 0.147 e. The Morgan fingerprint density at radius 1 is 0.588 bits per heavy atom. The largest absolute Gasteiger partial charge is 0.309 e. The Labute approximate surface area is 298 Å². The van der Waals surface area contributed by atoms with Gasteiger partial charge in [-0.05, 0) is 94.4 Å². The molecule has 0 aliphatic heterocycles. The number of aromatic nitrogens is 1. The Hall–Kier alpha value is -6.19. The van der Waals surface area contributed by atoms with Gasteiger partial charge >= 0.3 is 0 Å². The molecule has 0 amide bonds. The summed E-state index contributed by atoms with van der Waals surface area (Å²) >= 11 is 0. The Morgan fingerprint density at radius 2 is 1.24 bits per heavy atom. The lowest BCUT2D eigenvalue weighted by atomic mass is 9.81. The summed E-state index contributed by atoms with van der Waals surface area (Å²) in [6.07, 6.45) is 4.36. The van der Waals surface area contributed by atoms with Crippen LogP contribution in [-0.4, -0.2) is 4.57 Å². The lowest BCUT2D eigenvalue weighted by Gasteiger charge is -2.27. The second-order valence-corrected chi connectivity index (χ2v) is 14.0. The van der Waals surface area contributed by atoms with Gasteiger partial charge in [0.25, 0.3) is 0 Å². The number of hydrogen-bond acceptors (Lipinski definition) is 1. The van der Waals surface area contributed by atoms with Crippen molar-refractivity contribution in [2.75, 3.05) is 4.90 Å². The van der Waals surface area contributed by atoms with Crippen molar-refractivity contribution in [2.45, 2.75) is 26.2 Å². The molecule has 0 N–H and O–H groups in total. The van der Waals surface area contributed by atoms with E-state index in [0.29, 0.717) is 5.69 Å². The molecule has 0 atom stereocenters. The third-order valence-electron chi connectivity index (χ3n) is 10.6. The number of halogens is 1. The minimum Gasteiger partial charge on any atom is -0.309 e. The quantitative estimate of drug-likeness (QED) is 0.161. The summed E-state index contributed by atoms with van der Waals surface area (Å²) in [5, 5.41) is 2.56. The van der Waals surface area contributed by atoms with E-state index in [1.807, 2.05) is 35.2 Å². The van der Waals surface area contributed by atoms with Crippen LogP contribution in [0.25, 0.3) is 50.8 Å². The van der Waals surface area contributed by atoms with Gasteiger partial charge in [-0.1, -0.05) is 135 Å². The normalized spacial score (nSPS) is 13.2. The van der Waals surface area contributed by atoms with Gasteiger partial charge in [-0.15, -0.1) is 0 Å². The summed E-state index contributed by atoms with van der Waals surface area (Å²) in [5.74, 6) is -0.256. The fraction of sp³-hybridized carbons (Fsp3) is 0.0833. The van der Waals surface area contributed by atoms with Crippen LogP contribution in [0, 0.1) is 12.7 Å². The van der Waals surface area contributed by atoms with Gasteiger partial charge in [0, 0.05) is 33.2 Å². The fourth-order valence-corrected chi connectivity index (χ4v) is 8.09. The van der Waals surface area contributed by atoms with Crippen LogP contribution in [0.2, 0.25) is 0 Å². The predicted octanol–water partition coefficient (Wildman–Crippen LogP) is 13.2. The van der Waals surface area contributed by atoms with Gasteiger partial charge in [-0.3, -0.25) is 0 Å². The highest BCUT2D eigenvalue weighted by molar-refractivity contribution is 6.13. The first-order valence-electron chi connectivity index (χ1n) is 17.6. The van der Waals surface area contributed by atoms with Crippen molar-refractivity contribution in [3.8, 4) is 16.8 Å². The monoisotopic (exact) mass is 660 g/mol. The van der Waals surface area contributed by atoms with Gasteiger partial charge in [0.15, 0.2) is 0 Å².